The van der Waals surface area contributed by atoms with Gasteiger partial charge in [0.1, 0.15) is 5.82 Å². The Balaban J connectivity index is 1.86. The summed E-state index contributed by atoms with van der Waals surface area (Å²) in [6, 6.07) is 3.91. The molecule has 2 amide bonds. The molecule has 1 atom stereocenters. The van der Waals surface area contributed by atoms with E-state index in [4.69, 9.17) is 17.3 Å². The Kier molecular flexibility index (Phi) is 5.96. The predicted molar refractivity (Wildman–Crippen MR) is 87.6 cm³/mol. The lowest BCUT2D eigenvalue weighted by Gasteiger charge is -2.31. The molecule has 0 saturated carbocycles. The monoisotopic (exact) mass is 341 g/mol. The zero-order valence-corrected chi connectivity index (χ0v) is 13.8. The van der Waals surface area contributed by atoms with Crippen LogP contribution in [0.2, 0.25) is 5.02 Å². The maximum absolute atomic E-state index is 13.1. The number of halogens is 2. The van der Waals surface area contributed by atoms with Crippen molar-refractivity contribution in [3.63, 3.8) is 0 Å². The fourth-order valence-corrected chi connectivity index (χ4v) is 2.79. The third-order valence-electron chi connectivity index (χ3n) is 3.90. The molecule has 0 bridgehead atoms. The molecule has 23 heavy (non-hydrogen) atoms. The zero-order chi connectivity index (χ0) is 17.0. The topological polar surface area (TPSA) is 75.4 Å². The van der Waals surface area contributed by atoms with Crippen LogP contribution in [0.25, 0.3) is 0 Å². The smallest absolute Gasteiger partial charge is 0.227 e. The fourth-order valence-electron chi connectivity index (χ4n) is 2.61. The van der Waals surface area contributed by atoms with E-state index >= 15 is 0 Å². The summed E-state index contributed by atoms with van der Waals surface area (Å²) in [5, 5.41) is 2.71. The largest absolute Gasteiger partial charge is 0.343 e. The van der Waals surface area contributed by atoms with Crippen LogP contribution in [0.15, 0.2) is 18.2 Å². The van der Waals surface area contributed by atoms with E-state index < -0.39 is 5.82 Å². The van der Waals surface area contributed by atoms with Crippen LogP contribution < -0.4 is 11.1 Å². The van der Waals surface area contributed by atoms with Gasteiger partial charge in [-0.25, -0.2) is 4.39 Å². The van der Waals surface area contributed by atoms with E-state index in [1.165, 1.54) is 18.2 Å². The minimum Gasteiger partial charge on any atom is -0.343 e. The van der Waals surface area contributed by atoms with Gasteiger partial charge in [0.05, 0.1) is 5.02 Å². The van der Waals surface area contributed by atoms with Crippen molar-refractivity contribution in [2.75, 3.05) is 18.4 Å². The average Bonchev–Trinajstić information content (AvgIpc) is 2.50. The van der Waals surface area contributed by atoms with Crippen LogP contribution in [-0.4, -0.2) is 35.8 Å². The minimum atomic E-state index is -0.523. The van der Waals surface area contributed by atoms with Crippen LogP contribution in [0.5, 0.6) is 0 Å². The summed E-state index contributed by atoms with van der Waals surface area (Å²) >= 11 is 5.70. The number of likely N-dealkylation sites (tertiary alicyclic amines) is 1. The highest BCUT2D eigenvalue weighted by molar-refractivity contribution is 6.31. The van der Waals surface area contributed by atoms with Gasteiger partial charge in [0.25, 0.3) is 0 Å². The first-order chi connectivity index (χ1) is 10.9. The first-order valence-corrected chi connectivity index (χ1v) is 8.04. The highest BCUT2D eigenvalue weighted by Gasteiger charge is 2.27. The van der Waals surface area contributed by atoms with Crippen molar-refractivity contribution in [1.82, 2.24) is 4.90 Å². The van der Waals surface area contributed by atoms with E-state index in [9.17, 15) is 14.0 Å². The maximum atomic E-state index is 13.1. The van der Waals surface area contributed by atoms with Crippen molar-refractivity contribution in [2.45, 2.75) is 32.2 Å². The van der Waals surface area contributed by atoms with Gasteiger partial charge in [0, 0.05) is 37.2 Å². The number of nitrogens with zero attached hydrogens (tertiary/aromatic N) is 1. The van der Waals surface area contributed by atoms with Crippen LogP contribution in [-0.2, 0) is 9.59 Å². The Hall–Kier alpha value is -1.66. The second-order valence-electron chi connectivity index (χ2n) is 5.95. The number of hydrogen-bond acceptors (Lipinski definition) is 3. The second kappa shape index (κ2) is 7.75. The molecule has 1 heterocycles. The Labute approximate surface area is 140 Å². The number of rotatable bonds is 4. The number of carbonyl (C=O) groups excluding carboxylic acids is 2. The molecule has 0 spiro atoms. The van der Waals surface area contributed by atoms with Crippen LogP contribution in [0.4, 0.5) is 10.1 Å². The summed E-state index contributed by atoms with van der Waals surface area (Å²) in [5.74, 6) is -0.792. The lowest BCUT2D eigenvalue weighted by atomic mass is 9.95. The van der Waals surface area contributed by atoms with Crippen LogP contribution in [0.1, 0.15) is 26.2 Å². The molecule has 1 saturated heterocycles. The number of hydrogen-bond donors (Lipinski definition) is 2. The van der Waals surface area contributed by atoms with Gasteiger partial charge in [0.2, 0.25) is 11.8 Å². The van der Waals surface area contributed by atoms with Crippen LogP contribution in [0.3, 0.4) is 0 Å². The molecular weight excluding hydrogens is 321 g/mol. The molecule has 0 aromatic heterocycles. The Bertz CT molecular complexity index is 587. The number of anilines is 1. The summed E-state index contributed by atoms with van der Waals surface area (Å²) in [4.78, 5) is 25.9. The Morgan fingerprint density at radius 1 is 1.43 bits per heavy atom. The molecule has 1 fully saturated rings. The number of piperidine rings is 1. The Morgan fingerprint density at radius 2 is 2.09 bits per heavy atom. The number of amides is 2. The second-order valence-corrected chi connectivity index (χ2v) is 6.36. The fraction of sp³-hybridized carbons (Fsp3) is 0.500. The summed E-state index contributed by atoms with van der Waals surface area (Å²) < 4.78 is 13.1. The molecule has 3 N–H and O–H groups in total. The number of nitrogens with two attached hydrogens (primary N) is 1. The SMILES string of the molecule is CC(N)CC(=O)N1CCC(C(=O)Nc2ccc(F)c(Cl)c2)CC1. The van der Waals surface area contributed by atoms with Gasteiger partial charge >= 0.3 is 0 Å². The quantitative estimate of drug-likeness (QED) is 0.883. The van der Waals surface area contributed by atoms with Crippen molar-refractivity contribution in [3.05, 3.63) is 29.0 Å². The van der Waals surface area contributed by atoms with E-state index in [1.54, 1.807) is 11.8 Å². The van der Waals surface area contributed by atoms with E-state index in [2.05, 4.69) is 5.32 Å². The van der Waals surface area contributed by atoms with Crippen LogP contribution >= 0.6 is 11.6 Å². The van der Waals surface area contributed by atoms with Gasteiger partial charge < -0.3 is 16.0 Å². The molecule has 1 aliphatic heterocycles. The molecule has 1 unspecified atom stereocenters. The lowest BCUT2D eigenvalue weighted by Crippen LogP contribution is -2.42. The zero-order valence-electron chi connectivity index (χ0n) is 13.0. The molecule has 0 radical (unpaired) electrons. The summed E-state index contributed by atoms with van der Waals surface area (Å²) in [7, 11) is 0. The third-order valence-corrected chi connectivity index (χ3v) is 4.19. The summed E-state index contributed by atoms with van der Waals surface area (Å²) in [6.45, 7) is 2.90. The molecule has 2 rings (SSSR count). The van der Waals surface area contributed by atoms with E-state index in [0.29, 0.717) is 38.0 Å². The molecule has 1 aromatic carbocycles. The van der Waals surface area contributed by atoms with E-state index in [1.807, 2.05) is 0 Å². The van der Waals surface area contributed by atoms with Gasteiger partial charge in [-0.3, -0.25) is 9.59 Å². The van der Waals surface area contributed by atoms with Gasteiger partial charge in [-0.05, 0) is 38.0 Å². The molecule has 1 aromatic rings. The van der Waals surface area contributed by atoms with Crippen molar-refractivity contribution in [2.24, 2.45) is 11.7 Å². The molecular formula is C16H21ClFN3O2. The lowest BCUT2D eigenvalue weighted by molar-refractivity contribution is -0.134. The van der Waals surface area contributed by atoms with Gasteiger partial charge in [0.15, 0.2) is 0 Å². The summed E-state index contributed by atoms with van der Waals surface area (Å²) in [6.07, 6.45) is 1.53. The van der Waals surface area contributed by atoms with Crippen molar-refractivity contribution in [3.8, 4) is 0 Å². The van der Waals surface area contributed by atoms with Gasteiger partial charge in [-0.2, -0.15) is 0 Å². The number of carbonyl (C=O) groups is 2. The number of nitrogens with one attached hydrogen (secondary N) is 1. The predicted octanol–water partition coefficient (Wildman–Crippen LogP) is 2.39. The van der Waals surface area contributed by atoms with Crippen LogP contribution in [0, 0.1) is 11.7 Å². The number of benzene rings is 1. The highest BCUT2D eigenvalue weighted by Crippen LogP contribution is 2.23. The molecule has 0 aliphatic carbocycles. The van der Waals surface area contributed by atoms with Gasteiger partial charge in [-0.1, -0.05) is 11.6 Å². The van der Waals surface area contributed by atoms with Crippen molar-refractivity contribution >= 4 is 29.1 Å². The summed E-state index contributed by atoms with van der Waals surface area (Å²) in [5.41, 5.74) is 6.10. The van der Waals surface area contributed by atoms with E-state index in [-0.39, 0.29) is 28.8 Å². The highest BCUT2D eigenvalue weighted by atomic mass is 35.5. The first-order valence-electron chi connectivity index (χ1n) is 7.66. The minimum absolute atomic E-state index is 0.0286. The van der Waals surface area contributed by atoms with Crippen molar-refractivity contribution in [1.29, 1.82) is 0 Å². The third kappa shape index (κ3) is 4.91. The molecule has 7 heteroatoms. The van der Waals surface area contributed by atoms with E-state index in [0.717, 1.165) is 0 Å². The molecule has 1 aliphatic rings. The molecule has 126 valence electrons. The average molecular weight is 342 g/mol. The standard InChI is InChI=1S/C16H21ClFN3O2/c1-10(19)8-15(22)21-6-4-11(5-7-21)16(23)20-12-2-3-14(18)13(17)9-12/h2-3,9-11H,4-8,19H2,1H3,(H,20,23). The first kappa shape index (κ1) is 17.7. The maximum Gasteiger partial charge on any atom is 0.227 e. The van der Waals surface area contributed by atoms with Crippen molar-refractivity contribution < 1.29 is 14.0 Å². The van der Waals surface area contributed by atoms with Gasteiger partial charge in [-0.15, -0.1) is 0 Å². The Morgan fingerprint density at radius 3 is 2.65 bits per heavy atom. The normalized spacial score (nSPS) is 17.0. The molecule has 5 nitrogen and oxygen atoms in total.